The maximum absolute atomic E-state index is 13.9. The molecule has 1 saturated heterocycles. The molecule has 26 heavy (non-hydrogen) atoms. The first-order chi connectivity index (χ1) is 12.5. The first-order valence-electron chi connectivity index (χ1n) is 9.04. The highest BCUT2D eigenvalue weighted by Gasteiger charge is 2.54. The van der Waals surface area contributed by atoms with Crippen LogP contribution in [0.25, 0.3) is 5.69 Å². The Morgan fingerprint density at radius 1 is 1.27 bits per heavy atom. The van der Waals surface area contributed by atoms with E-state index >= 15 is 0 Å². The van der Waals surface area contributed by atoms with Gasteiger partial charge in [-0.25, -0.2) is 13.5 Å². The van der Waals surface area contributed by atoms with Crippen LogP contribution in [0.2, 0.25) is 0 Å². The molecule has 7 heteroatoms. The monoisotopic (exact) mass is 360 g/mol. The van der Waals surface area contributed by atoms with Crippen LogP contribution in [0.3, 0.4) is 0 Å². The Hall–Kier alpha value is -2.28. The van der Waals surface area contributed by atoms with Crippen molar-refractivity contribution in [2.45, 2.75) is 43.7 Å². The van der Waals surface area contributed by atoms with E-state index in [1.165, 1.54) is 43.3 Å². The zero-order valence-electron chi connectivity index (χ0n) is 14.7. The second kappa shape index (κ2) is 6.46. The van der Waals surface area contributed by atoms with Crippen LogP contribution in [0.4, 0.5) is 8.78 Å². The molecule has 2 heterocycles. The third kappa shape index (κ3) is 2.80. The van der Waals surface area contributed by atoms with Crippen molar-refractivity contribution in [1.29, 1.82) is 0 Å². The van der Waals surface area contributed by atoms with Crippen molar-refractivity contribution in [2.24, 2.45) is 0 Å². The lowest BCUT2D eigenvalue weighted by atomic mass is 9.94. The van der Waals surface area contributed by atoms with E-state index in [1.54, 1.807) is 11.9 Å². The molecule has 5 nitrogen and oxygen atoms in total. The molecule has 1 atom stereocenters. The van der Waals surface area contributed by atoms with Crippen molar-refractivity contribution in [3.05, 3.63) is 47.8 Å². The summed E-state index contributed by atoms with van der Waals surface area (Å²) in [7, 11) is 1.80. The predicted octanol–water partition coefficient (Wildman–Crippen LogP) is 2.90. The van der Waals surface area contributed by atoms with Crippen LogP contribution in [-0.2, 0) is 0 Å². The van der Waals surface area contributed by atoms with Gasteiger partial charge in [0.25, 0.3) is 5.91 Å². The number of nitrogens with zero attached hydrogens (tertiary/aromatic N) is 3. The minimum atomic E-state index is -0.717. The summed E-state index contributed by atoms with van der Waals surface area (Å²) in [5.41, 5.74) is -0.244. The number of rotatable bonds is 4. The molecule has 1 aromatic carbocycles. The van der Waals surface area contributed by atoms with E-state index in [0.717, 1.165) is 30.5 Å². The predicted molar refractivity (Wildman–Crippen MR) is 93.2 cm³/mol. The lowest BCUT2D eigenvalue weighted by Gasteiger charge is -2.37. The number of piperidine rings is 1. The molecule has 2 fully saturated rings. The summed E-state index contributed by atoms with van der Waals surface area (Å²) >= 11 is 0. The van der Waals surface area contributed by atoms with E-state index in [2.05, 4.69) is 10.4 Å². The van der Waals surface area contributed by atoms with Gasteiger partial charge in [-0.3, -0.25) is 4.79 Å². The summed E-state index contributed by atoms with van der Waals surface area (Å²) in [5.74, 6) is -1.65. The minimum Gasteiger partial charge on any atom is -0.333 e. The molecule has 1 unspecified atom stereocenters. The molecule has 4 rings (SSSR count). The SMILES string of the molecule is CN(C(=O)c1ccn(-c2c(F)cccc2F)n1)C1(C2CCCCN2)CC1. The number of carbonyl (C=O) groups excluding carboxylic acids is 1. The molecule has 1 aliphatic heterocycles. The first kappa shape index (κ1) is 17.1. The number of likely N-dealkylation sites (N-methyl/N-ethyl adjacent to an activating group) is 1. The molecule has 2 aliphatic rings. The van der Waals surface area contributed by atoms with E-state index in [-0.39, 0.29) is 22.8 Å². The average Bonchev–Trinajstić information content (AvgIpc) is 3.33. The van der Waals surface area contributed by atoms with Crippen LogP contribution >= 0.6 is 0 Å². The van der Waals surface area contributed by atoms with E-state index in [4.69, 9.17) is 0 Å². The van der Waals surface area contributed by atoms with Gasteiger partial charge in [0.2, 0.25) is 0 Å². The normalized spacial score (nSPS) is 21.4. The zero-order valence-corrected chi connectivity index (χ0v) is 14.7. The van der Waals surface area contributed by atoms with Crippen LogP contribution in [0.1, 0.15) is 42.6 Å². The average molecular weight is 360 g/mol. The Morgan fingerprint density at radius 3 is 2.62 bits per heavy atom. The molecule has 1 amide bonds. The Balaban J connectivity index is 1.57. The van der Waals surface area contributed by atoms with Crippen molar-refractivity contribution < 1.29 is 13.6 Å². The Bertz CT molecular complexity index is 804. The smallest absolute Gasteiger partial charge is 0.274 e. The van der Waals surface area contributed by atoms with Crippen molar-refractivity contribution >= 4 is 5.91 Å². The van der Waals surface area contributed by atoms with Gasteiger partial charge in [-0.05, 0) is 50.4 Å². The van der Waals surface area contributed by atoms with Crippen molar-refractivity contribution in [1.82, 2.24) is 20.0 Å². The van der Waals surface area contributed by atoms with Gasteiger partial charge in [-0.15, -0.1) is 0 Å². The summed E-state index contributed by atoms with van der Waals surface area (Å²) in [6.45, 7) is 0.982. The Kier molecular flexibility index (Phi) is 4.26. The number of hydrogen-bond donors (Lipinski definition) is 1. The highest BCUT2D eigenvalue weighted by molar-refractivity contribution is 5.93. The summed E-state index contributed by atoms with van der Waals surface area (Å²) in [5, 5.41) is 7.67. The van der Waals surface area contributed by atoms with Crippen LogP contribution < -0.4 is 5.32 Å². The van der Waals surface area contributed by atoms with E-state index in [1.807, 2.05) is 0 Å². The van der Waals surface area contributed by atoms with Gasteiger partial charge >= 0.3 is 0 Å². The molecule has 1 aliphatic carbocycles. The second-order valence-corrected chi connectivity index (χ2v) is 7.19. The van der Waals surface area contributed by atoms with Crippen molar-refractivity contribution in [3.8, 4) is 5.69 Å². The summed E-state index contributed by atoms with van der Waals surface area (Å²) in [6, 6.07) is 5.44. The summed E-state index contributed by atoms with van der Waals surface area (Å²) in [4.78, 5) is 14.7. The molecule has 2 aromatic rings. The highest BCUT2D eigenvalue weighted by atomic mass is 19.1. The zero-order chi connectivity index (χ0) is 18.3. The van der Waals surface area contributed by atoms with E-state index < -0.39 is 11.6 Å². The van der Waals surface area contributed by atoms with Gasteiger partial charge in [-0.1, -0.05) is 12.5 Å². The number of hydrogen-bond acceptors (Lipinski definition) is 3. The number of nitrogens with one attached hydrogen (secondary N) is 1. The number of aromatic nitrogens is 2. The molecule has 0 radical (unpaired) electrons. The molecule has 0 bridgehead atoms. The fourth-order valence-corrected chi connectivity index (χ4v) is 4.00. The molecule has 138 valence electrons. The standard InChI is InChI=1S/C19H22F2N4O/c1-24(19(9-10-19)16-7-2-3-11-22-16)18(26)15-8-12-25(23-15)17-13(20)5-4-6-14(17)21/h4-6,8,12,16,22H,2-3,7,9-11H2,1H3. The molecule has 1 saturated carbocycles. The third-order valence-corrected chi connectivity index (χ3v) is 5.67. The number of carbonyl (C=O) groups is 1. The maximum atomic E-state index is 13.9. The van der Waals surface area contributed by atoms with Crippen LogP contribution in [0.5, 0.6) is 0 Å². The number of benzene rings is 1. The Labute approximate surface area is 151 Å². The second-order valence-electron chi connectivity index (χ2n) is 7.19. The molecular weight excluding hydrogens is 338 g/mol. The molecule has 1 N–H and O–H groups in total. The van der Waals surface area contributed by atoms with Crippen molar-refractivity contribution in [3.63, 3.8) is 0 Å². The third-order valence-electron chi connectivity index (χ3n) is 5.67. The number of amides is 1. The van der Waals surface area contributed by atoms with Crippen LogP contribution in [0, 0.1) is 11.6 Å². The molecule has 1 aromatic heterocycles. The van der Waals surface area contributed by atoms with Gasteiger partial charge in [-0.2, -0.15) is 5.10 Å². The quantitative estimate of drug-likeness (QED) is 0.912. The van der Waals surface area contributed by atoms with Gasteiger partial charge in [0.05, 0.1) is 5.54 Å². The molecule has 0 spiro atoms. The largest absolute Gasteiger partial charge is 0.333 e. The van der Waals surface area contributed by atoms with Gasteiger partial charge in [0.1, 0.15) is 5.69 Å². The topological polar surface area (TPSA) is 50.2 Å². The highest BCUT2D eigenvalue weighted by Crippen LogP contribution is 2.46. The fraction of sp³-hybridized carbons (Fsp3) is 0.474. The summed E-state index contributed by atoms with van der Waals surface area (Å²) in [6.07, 6.45) is 6.75. The van der Waals surface area contributed by atoms with E-state index in [9.17, 15) is 13.6 Å². The lowest BCUT2D eigenvalue weighted by Crippen LogP contribution is -2.54. The van der Waals surface area contributed by atoms with Gasteiger partial charge < -0.3 is 10.2 Å². The minimum absolute atomic E-state index is 0.162. The summed E-state index contributed by atoms with van der Waals surface area (Å²) < 4.78 is 29.0. The lowest BCUT2D eigenvalue weighted by molar-refractivity contribution is 0.0637. The maximum Gasteiger partial charge on any atom is 0.274 e. The van der Waals surface area contributed by atoms with Crippen LogP contribution in [-0.4, -0.2) is 45.8 Å². The molecular formula is C19H22F2N4O. The first-order valence-corrected chi connectivity index (χ1v) is 9.04. The van der Waals surface area contributed by atoms with E-state index in [0.29, 0.717) is 6.04 Å². The fourth-order valence-electron chi connectivity index (χ4n) is 4.00. The Morgan fingerprint density at radius 2 is 2.00 bits per heavy atom. The van der Waals surface area contributed by atoms with Crippen molar-refractivity contribution in [2.75, 3.05) is 13.6 Å². The van der Waals surface area contributed by atoms with Gasteiger partial charge in [0.15, 0.2) is 17.3 Å². The van der Waals surface area contributed by atoms with Gasteiger partial charge in [0, 0.05) is 19.3 Å². The number of para-hydroxylation sites is 1. The van der Waals surface area contributed by atoms with Crippen LogP contribution in [0.15, 0.2) is 30.5 Å². The number of halogens is 2.